The van der Waals surface area contributed by atoms with Crippen LogP contribution in [0.1, 0.15) is 18.4 Å². The van der Waals surface area contributed by atoms with Crippen LogP contribution in [0.2, 0.25) is 0 Å². The highest BCUT2D eigenvalue weighted by Crippen LogP contribution is 2.19. The van der Waals surface area contributed by atoms with Gasteiger partial charge in [-0.05, 0) is 24.6 Å². The van der Waals surface area contributed by atoms with Crippen LogP contribution in [0.4, 0.5) is 0 Å². The molecule has 0 aromatic heterocycles. The van der Waals surface area contributed by atoms with Crippen molar-refractivity contribution in [2.45, 2.75) is 12.8 Å². The number of carbonyl (C=O) groups is 2. The molecule has 18 heavy (non-hydrogen) atoms. The monoisotopic (exact) mass is 251 g/mol. The number of nitrogens with zero attached hydrogens (tertiary/aromatic N) is 1. The normalized spacial score (nSPS) is 11.7. The van der Waals surface area contributed by atoms with Crippen LogP contribution in [-0.4, -0.2) is 42.6 Å². The summed E-state index contributed by atoms with van der Waals surface area (Å²) in [7, 11) is 3.19. The highest BCUT2D eigenvalue weighted by Gasteiger charge is 2.18. The second kappa shape index (κ2) is 6.05. The number of hydrogen-bond donors (Lipinski definition) is 1. The molecule has 1 atom stereocenters. The third-order valence-electron chi connectivity index (χ3n) is 2.58. The molecule has 0 saturated heterocycles. The van der Waals surface area contributed by atoms with Crippen molar-refractivity contribution >= 4 is 11.9 Å². The molecule has 0 aliphatic rings. The van der Waals surface area contributed by atoms with Crippen LogP contribution < -0.4 is 0 Å². The molecule has 1 aromatic rings. The molecule has 0 heterocycles. The van der Waals surface area contributed by atoms with Crippen LogP contribution in [0.25, 0.3) is 0 Å². The molecule has 1 amide bonds. The molecule has 1 aromatic carbocycles. The minimum absolute atomic E-state index is 0.141. The van der Waals surface area contributed by atoms with Crippen LogP contribution in [0.15, 0.2) is 24.3 Å². The molecule has 0 saturated carbocycles. The van der Waals surface area contributed by atoms with Crippen molar-refractivity contribution in [2.24, 2.45) is 0 Å². The van der Waals surface area contributed by atoms with Gasteiger partial charge in [0.15, 0.2) is 6.61 Å². The van der Waals surface area contributed by atoms with Gasteiger partial charge in [-0.3, -0.25) is 9.59 Å². The fraction of sp³-hybridized carbons (Fsp3) is 0.385. The lowest BCUT2D eigenvalue weighted by molar-refractivity contribution is -0.152. The van der Waals surface area contributed by atoms with Gasteiger partial charge in [0, 0.05) is 14.1 Å². The first-order chi connectivity index (χ1) is 8.41. The molecule has 0 radical (unpaired) electrons. The quantitative estimate of drug-likeness (QED) is 0.814. The second-order valence-corrected chi connectivity index (χ2v) is 4.21. The summed E-state index contributed by atoms with van der Waals surface area (Å²) in [6.07, 6.45) is 0. The van der Waals surface area contributed by atoms with Gasteiger partial charge in [0.05, 0.1) is 5.92 Å². The van der Waals surface area contributed by atoms with Gasteiger partial charge in [-0.1, -0.05) is 12.1 Å². The van der Waals surface area contributed by atoms with Crippen molar-refractivity contribution in [3.8, 4) is 5.75 Å². The summed E-state index contributed by atoms with van der Waals surface area (Å²) in [6, 6.07) is 6.30. The Morgan fingerprint density at radius 1 is 1.28 bits per heavy atom. The largest absolute Gasteiger partial charge is 0.508 e. The Morgan fingerprint density at radius 2 is 1.83 bits per heavy atom. The van der Waals surface area contributed by atoms with Crippen molar-refractivity contribution < 1.29 is 19.4 Å². The molecular weight excluding hydrogens is 234 g/mol. The molecule has 0 aliphatic carbocycles. The Labute approximate surface area is 106 Å². The fourth-order valence-corrected chi connectivity index (χ4v) is 1.29. The predicted molar refractivity (Wildman–Crippen MR) is 66.2 cm³/mol. The van der Waals surface area contributed by atoms with Gasteiger partial charge < -0.3 is 14.7 Å². The smallest absolute Gasteiger partial charge is 0.313 e. The number of rotatable bonds is 4. The molecule has 0 bridgehead atoms. The minimum atomic E-state index is -0.472. The van der Waals surface area contributed by atoms with E-state index < -0.39 is 11.9 Å². The molecule has 1 N–H and O–H groups in total. The third-order valence-corrected chi connectivity index (χ3v) is 2.58. The maximum absolute atomic E-state index is 11.7. The summed E-state index contributed by atoms with van der Waals surface area (Å²) in [5, 5.41) is 9.15. The zero-order valence-electron chi connectivity index (χ0n) is 10.7. The maximum atomic E-state index is 11.7. The van der Waals surface area contributed by atoms with Crippen LogP contribution in [0, 0.1) is 0 Å². The molecule has 0 unspecified atom stereocenters. The average Bonchev–Trinajstić information content (AvgIpc) is 2.35. The molecular formula is C13H17NO4. The first-order valence-corrected chi connectivity index (χ1v) is 5.57. The highest BCUT2D eigenvalue weighted by atomic mass is 16.5. The summed E-state index contributed by atoms with van der Waals surface area (Å²) in [5.41, 5.74) is 0.732. The number of aromatic hydroxyl groups is 1. The van der Waals surface area contributed by atoms with Crippen LogP contribution in [-0.2, 0) is 14.3 Å². The van der Waals surface area contributed by atoms with Crippen LogP contribution in [0.5, 0.6) is 5.75 Å². The molecule has 0 aliphatic heterocycles. The zero-order chi connectivity index (χ0) is 13.7. The van der Waals surface area contributed by atoms with Crippen LogP contribution >= 0.6 is 0 Å². The third kappa shape index (κ3) is 3.76. The number of benzene rings is 1. The molecule has 1 rings (SSSR count). The zero-order valence-corrected chi connectivity index (χ0v) is 10.7. The Hall–Kier alpha value is -2.04. The number of esters is 1. The van der Waals surface area contributed by atoms with Crippen LogP contribution in [0.3, 0.4) is 0 Å². The fourth-order valence-electron chi connectivity index (χ4n) is 1.29. The number of hydrogen-bond acceptors (Lipinski definition) is 4. The van der Waals surface area contributed by atoms with Gasteiger partial charge in [-0.2, -0.15) is 0 Å². The van der Waals surface area contributed by atoms with E-state index >= 15 is 0 Å². The Morgan fingerprint density at radius 3 is 2.33 bits per heavy atom. The van der Waals surface area contributed by atoms with Crippen molar-refractivity contribution in [1.82, 2.24) is 4.90 Å². The number of carbonyl (C=O) groups excluding carboxylic acids is 2. The van der Waals surface area contributed by atoms with E-state index in [1.165, 1.54) is 17.0 Å². The first-order valence-electron chi connectivity index (χ1n) is 5.57. The molecule has 98 valence electrons. The van der Waals surface area contributed by atoms with Gasteiger partial charge in [-0.25, -0.2) is 0 Å². The highest BCUT2D eigenvalue weighted by molar-refractivity contribution is 5.83. The standard InChI is InChI=1S/C13H17NO4/c1-9(10-4-6-11(15)7-5-10)13(17)18-8-12(16)14(2)3/h4-7,9,15H,8H2,1-3H3/t9-/m0/s1. The summed E-state index contributed by atoms with van der Waals surface area (Å²) < 4.78 is 4.92. The second-order valence-electron chi connectivity index (χ2n) is 4.21. The summed E-state index contributed by atoms with van der Waals surface area (Å²) in [6.45, 7) is 1.43. The maximum Gasteiger partial charge on any atom is 0.313 e. The van der Waals surface area contributed by atoms with E-state index in [1.54, 1.807) is 33.2 Å². The van der Waals surface area contributed by atoms with E-state index in [-0.39, 0.29) is 18.3 Å². The van der Waals surface area contributed by atoms with E-state index in [1.807, 2.05) is 0 Å². The van der Waals surface area contributed by atoms with E-state index in [0.29, 0.717) is 0 Å². The molecule has 0 spiro atoms. The van der Waals surface area contributed by atoms with Gasteiger partial charge in [0.2, 0.25) is 0 Å². The summed E-state index contributed by atoms with van der Waals surface area (Å²) in [4.78, 5) is 24.3. The average molecular weight is 251 g/mol. The molecule has 5 heteroatoms. The number of amides is 1. The lowest BCUT2D eigenvalue weighted by atomic mass is 10.0. The number of phenols is 1. The number of ether oxygens (including phenoxy) is 1. The molecule has 5 nitrogen and oxygen atoms in total. The lowest BCUT2D eigenvalue weighted by Crippen LogP contribution is -2.28. The van der Waals surface area contributed by atoms with Gasteiger partial charge in [0.1, 0.15) is 5.75 Å². The Kier molecular flexibility index (Phi) is 4.71. The van der Waals surface area contributed by atoms with E-state index in [4.69, 9.17) is 9.84 Å². The number of likely N-dealkylation sites (N-methyl/N-ethyl adjacent to an activating group) is 1. The summed E-state index contributed by atoms with van der Waals surface area (Å²) in [5.74, 6) is -1.06. The van der Waals surface area contributed by atoms with Gasteiger partial charge in [0.25, 0.3) is 5.91 Å². The van der Waals surface area contributed by atoms with Crippen molar-refractivity contribution in [3.05, 3.63) is 29.8 Å². The first kappa shape index (κ1) is 14.0. The Bertz CT molecular complexity index is 425. The van der Waals surface area contributed by atoms with E-state index in [9.17, 15) is 9.59 Å². The Balaban J connectivity index is 2.56. The summed E-state index contributed by atoms with van der Waals surface area (Å²) >= 11 is 0. The van der Waals surface area contributed by atoms with Crippen molar-refractivity contribution in [1.29, 1.82) is 0 Å². The van der Waals surface area contributed by atoms with Crippen molar-refractivity contribution in [2.75, 3.05) is 20.7 Å². The van der Waals surface area contributed by atoms with E-state index in [2.05, 4.69) is 0 Å². The lowest BCUT2D eigenvalue weighted by Gasteiger charge is -2.14. The molecule has 0 fully saturated rings. The number of phenolic OH excluding ortho intramolecular Hbond substituents is 1. The predicted octanol–water partition coefficient (Wildman–Crippen LogP) is 1.13. The topological polar surface area (TPSA) is 66.8 Å². The van der Waals surface area contributed by atoms with Gasteiger partial charge in [-0.15, -0.1) is 0 Å². The van der Waals surface area contributed by atoms with E-state index in [0.717, 1.165) is 5.56 Å². The van der Waals surface area contributed by atoms with Gasteiger partial charge >= 0.3 is 5.97 Å². The van der Waals surface area contributed by atoms with Crippen molar-refractivity contribution in [3.63, 3.8) is 0 Å². The minimum Gasteiger partial charge on any atom is -0.508 e. The SMILES string of the molecule is C[C@H](C(=O)OCC(=O)N(C)C)c1ccc(O)cc1.